The Labute approximate surface area is 230 Å². The maximum atomic E-state index is 13.4. The van der Waals surface area contributed by atoms with Crippen LogP contribution in [0.2, 0.25) is 5.02 Å². The fourth-order valence-electron chi connectivity index (χ4n) is 5.27. The van der Waals surface area contributed by atoms with Crippen molar-refractivity contribution >= 4 is 67.5 Å². The minimum Gasteiger partial charge on any atom is -0.449 e. The van der Waals surface area contributed by atoms with Crippen molar-refractivity contribution in [2.75, 3.05) is 28.2 Å². The van der Waals surface area contributed by atoms with Crippen LogP contribution in [0.5, 0.6) is 0 Å². The number of aromatic nitrogens is 1. The minimum absolute atomic E-state index is 0.0602. The van der Waals surface area contributed by atoms with Crippen molar-refractivity contribution in [3.05, 3.63) is 47.3 Å². The number of sulfonamides is 1. The lowest BCUT2D eigenvalue weighted by Gasteiger charge is -2.34. The molecule has 2 aliphatic rings. The number of furan rings is 1. The van der Waals surface area contributed by atoms with E-state index in [9.17, 15) is 22.8 Å². The van der Waals surface area contributed by atoms with Gasteiger partial charge in [0.15, 0.2) is 0 Å². The molecule has 3 amide bonds. The van der Waals surface area contributed by atoms with E-state index in [4.69, 9.17) is 16.0 Å². The van der Waals surface area contributed by atoms with E-state index in [-0.39, 0.29) is 57.7 Å². The summed E-state index contributed by atoms with van der Waals surface area (Å²) < 4.78 is 32.4. The number of carbonyl (C=O) groups excluding carboxylic acids is 3. The van der Waals surface area contributed by atoms with Crippen LogP contribution in [-0.4, -0.2) is 54.9 Å². The van der Waals surface area contributed by atoms with Crippen molar-refractivity contribution in [2.24, 2.45) is 5.92 Å². The van der Waals surface area contributed by atoms with Crippen LogP contribution in [0.25, 0.3) is 11.0 Å². The van der Waals surface area contributed by atoms with Crippen molar-refractivity contribution in [3.63, 3.8) is 0 Å². The molecule has 1 saturated heterocycles. The van der Waals surface area contributed by atoms with Crippen molar-refractivity contribution in [1.82, 2.24) is 9.88 Å². The Morgan fingerprint density at radius 3 is 2.51 bits per heavy atom. The maximum absolute atomic E-state index is 13.4. The van der Waals surface area contributed by atoms with Gasteiger partial charge < -0.3 is 20.0 Å². The van der Waals surface area contributed by atoms with Crippen LogP contribution in [0.4, 0.5) is 17.2 Å². The number of nitrogens with one attached hydrogen (secondary N) is 3. The first kappa shape index (κ1) is 26.9. The van der Waals surface area contributed by atoms with Gasteiger partial charge in [0.25, 0.3) is 5.91 Å². The Morgan fingerprint density at radius 2 is 1.87 bits per heavy atom. The second-order valence-electron chi connectivity index (χ2n) is 9.86. The molecule has 0 radical (unpaired) electrons. The van der Waals surface area contributed by atoms with Crippen LogP contribution in [0, 0.1) is 5.92 Å². The lowest BCUT2D eigenvalue weighted by Crippen LogP contribution is -2.40. The molecule has 0 atom stereocenters. The zero-order valence-electron chi connectivity index (χ0n) is 21.2. The van der Waals surface area contributed by atoms with Gasteiger partial charge in [0, 0.05) is 31.1 Å². The molecule has 13 heteroatoms. The molecule has 1 saturated carbocycles. The molecule has 2 fully saturated rings. The molecule has 5 rings (SSSR count). The molecular weight excluding hydrogens is 546 g/mol. The van der Waals surface area contributed by atoms with Crippen molar-refractivity contribution in [2.45, 2.75) is 44.6 Å². The minimum atomic E-state index is -3.68. The van der Waals surface area contributed by atoms with Crippen molar-refractivity contribution < 1.29 is 27.2 Å². The highest BCUT2D eigenvalue weighted by Gasteiger charge is 2.34. The summed E-state index contributed by atoms with van der Waals surface area (Å²) in [5, 5.41) is 6.11. The standard InChI is InChI=1S/C26H28ClN5O6S/c1-39(36,37)31-18-4-2-5-19-22(18)23(24(38-19)26(35)29-20-12-9-16(27)14-28-20)30-25(34)15-7-10-17(11-8-15)32-13-3-6-21(32)33/h2,4-5,9,12,14-15,17,31H,3,6-8,10-11,13H2,1H3,(H,30,34)(H,28,29,35). The summed E-state index contributed by atoms with van der Waals surface area (Å²) in [5.74, 6) is -1.15. The molecule has 3 N–H and O–H groups in total. The first-order chi connectivity index (χ1) is 18.6. The van der Waals surface area contributed by atoms with Crippen LogP contribution >= 0.6 is 11.6 Å². The van der Waals surface area contributed by atoms with Crippen LogP contribution in [0.1, 0.15) is 49.1 Å². The summed E-state index contributed by atoms with van der Waals surface area (Å²) in [6.07, 6.45) is 6.42. The molecule has 3 heterocycles. The van der Waals surface area contributed by atoms with Gasteiger partial charge in [-0.05, 0) is 56.4 Å². The average molecular weight is 574 g/mol. The summed E-state index contributed by atoms with van der Waals surface area (Å²) in [6, 6.07) is 7.89. The van der Waals surface area contributed by atoms with Gasteiger partial charge in [-0.15, -0.1) is 0 Å². The van der Waals surface area contributed by atoms with E-state index in [1.807, 2.05) is 4.90 Å². The second kappa shape index (κ2) is 10.9. The largest absolute Gasteiger partial charge is 0.449 e. The van der Waals surface area contributed by atoms with Crippen LogP contribution in [-0.2, 0) is 19.6 Å². The number of nitrogens with zero attached hydrogens (tertiary/aromatic N) is 2. The normalized spacial score (nSPS) is 19.7. The van der Waals surface area contributed by atoms with E-state index in [1.54, 1.807) is 18.2 Å². The molecule has 1 aliphatic carbocycles. The lowest BCUT2D eigenvalue weighted by molar-refractivity contribution is -0.130. The summed E-state index contributed by atoms with van der Waals surface area (Å²) in [5.41, 5.74) is 0.434. The van der Waals surface area contributed by atoms with Gasteiger partial charge in [0.05, 0.1) is 22.4 Å². The molecule has 2 aromatic heterocycles. The number of hydrogen-bond acceptors (Lipinski definition) is 7. The number of pyridine rings is 1. The van der Waals surface area contributed by atoms with Gasteiger partial charge in [-0.25, -0.2) is 13.4 Å². The quantitative estimate of drug-likeness (QED) is 0.383. The van der Waals surface area contributed by atoms with Crippen molar-refractivity contribution in [1.29, 1.82) is 0 Å². The van der Waals surface area contributed by atoms with E-state index in [2.05, 4.69) is 20.3 Å². The summed E-state index contributed by atoms with van der Waals surface area (Å²) in [7, 11) is -3.68. The Hall–Kier alpha value is -3.64. The summed E-state index contributed by atoms with van der Waals surface area (Å²) in [4.78, 5) is 44.8. The molecule has 0 spiro atoms. The van der Waals surface area contributed by atoms with E-state index >= 15 is 0 Å². The Bertz CT molecular complexity index is 1530. The topological polar surface area (TPSA) is 151 Å². The van der Waals surface area contributed by atoms with Gasteiger partial charge in [-0.2, -0.15) is 0 Å². The van der Waals surface area contributed by atoms with Gasteiger partial charge >= 0.3 is 0 Å². The number of likely N-dealkylation sites (tertiary alicyclic amines) is 1. The maximum Gasteiger partial charge on any atom is 0.294 e. The third-order valence-electron chi connectivity index (χ3n) is 7.05. The number of carbonyl (C=O) groups is 3. The smallest absolute Gasteiger partial charge is 0.294 e. The van der Waals surface area contributed by atoms with Gasteiger partial charge in [0.2, 0.25) is 27.6 Å². The molecule has 11 nitrogen and oxygen atoms in total. The van der Waals surface area contributed by atoms with E-state index in [0.29, 0.717) is 37.1 Å². The highest BCUT2D eigenvalue weighted by Crippen LogP contribution is 2.38. The summed E-state index contributed by atoms with van der Waals surface area (Å²) >= 11 is 5.88. The van der Waals surface area contributed by atoms with Crippen LogP contribution in [0.3, 0.4) is 0 Å². The average Bonchev–Trinajstić information content (AvgIpc) is 3.49. The number of anilines is 3. The van der Waals surface area contributed by atoms with Crippen molar-refractivity contribution in [3.8, 4) is 0 Å². The zero-order valence-corrected chi connectivity index (χ0v) is 22.8. The molecule has 0 unspecified atom stereocenters. The second-order valence-corrected chi connectivity index (χ2v) is 12.0. The fraction of sp³-hybridized carbons (Fsp3) is 0.385. The predicted molar refractivity (Wildman–Crippen MR) is 147 cm³/mol. The number of amides is 3. The van der Waals surface area contributed by atoms with Gasteiger partial charge in [-0.3, -0.25) is 19.1 Å². The van der Waals surface area contributed by atoms with E-state index in [1.165, 1.54) is 18.3 Å². The molecule has 0 bridgehead atoms. The Balaban J connectivity index is 1.43. The molecule has 39 heavy (non-hydrogen) atoms. The fourth-order valence-corrected chi connectivity index (χ4v) is 5.95. The number of halogens is 1. The van der Waals surface area contributed by atoms with Crippen LogP contribution < -0.4 is 15.4 Å². The van der Waals surface area contributed by atoms with Gasteiger partial charge in [0.1, 0.15) is 17.1 Å². The van der Waals surface area contributed by atoms with E-state index < -0.39 is 15.9 Å². The Kier molecular flexibility index (Phi) is 7.50. The first-order valence-corrected chi connectivity index (χ1v) is 14.9. The predicted octanol–water partition coefficient (Wildman–Crippen LogP) is 4.22. The number of fused-ring (bicyclic) bond motifs is 1. The monoisotopic (exact) mass is 573 g/mol. The first-order valence-electron chi connectivity index (χ1n) is 12.7. The highest BCUT2D eigenvalue weighted by atomic mass is 35.5. The third-order valence-corrected chi connectivity index (χ3v) is 7.87. The van der Waals surface area contributed by atoms with Crippen LogP contribution in [0.15, 0.2) is 40.9 Å². The highest BCUT2D eigenvalue weighted by molar-refractivity contribution is 7.92. The Morgan fingerprint density at radius 1 is 1.10 bits per heavy atom. The molecule has 3 aromatic rings. The SMILES string of the molecule is CS(=O)(=O)Nc1cccc2oc(C(=O)Nc3ccc(Cl)cn3)c(NC(=O)C3CCC(N4CCCC4=O)CC3)c12. The molecule has 206 valence electrons. The van der Waals surface area contributed by atoms with E-state index in [0.717, 1.165) is 19.2 Å². The molecule has 1 aromatic carbocycles. The number of rotatable bonds is 7. The lowest BCUT2D eigenvalue weighted by atomic mass is 9.84. The zero-order chi connectivity index (χ0) is 27.7. The van der Waals surface area contributed by atoms with Gasteiger partial charge in [-0.1, -0.05) is 17.7 Å². The number of benzene rings is 1. The third kappa shape index (κ3) is 6.01. The number of hydrogen-bond donors (Lipinski definition) is 3. The summed E-state index contributed by atoms with van der Waals surface area (Å²) in [6.45, 7) is 0.762. The molecule has 1 aliphatic heterocycles. The molecular formula is C26H28ClN5O6S.